The van der Waals surface area contributed by atoms with Gasteiger partial charge in [0.05, 0.1) is 22.7 Å². The van der Waals surface area contributed by atoms with Crippen molar-refractivity contribution < 1.29 is 18.5 Å². The Kier molecular flexibility index (Phi) is 5.44. The molecule has 24 heavy (non-hydrogen) atoms. The molecule has 0 saturated heterocycles. The fourth-order valence-corrected chi connectivity index (χ4v) is 2.21. The Morgan fingerprint density at radius 2 is 2.25 bits per heavy atom. The Morgan fingerprint density at radius 1 is 1.54 bits per heavy atom. The van der Waals surface area contributed by atoms with Crippen molar-refractivity contribution in [2.45, 2.75) is 26.4 Å². The summed E-state index contributed by atoms with van der Waals surface area (Å²) in [7, 11) is 0. The number of aromatic nitrogens is 4. The topological polar surface area (TPSA) is 108 Å². The van der Waals surface area contributed by atoms with Gasteiger partial charge in [0.25, 0.3) is 6.43 Å². The Bertz CT molecular complexity index is 760. The number of hydrogen-bond acceptors (Lipinski definition) is 5. The average molecular weight is 363 g/mol. The molecule has 0 aliphatic rings. The summed E-state index contributed by atoms with van der Waals surface area (Å²) in [5.74, 6) is -0.519. The van der Waals surface area contributed by atoms with Gasteiger partial charge in [0.1, 0.15) is 12.2 Å². The van der Waals surface area contributed by atoms with Crippen LogP contribution in [0.4, 0.5) is 14.5 Å². The number of halogens is 3. The maximum absolute atomic E-state index is 12.8. The number of carbonyl (C=O) groups excluding carboxylic acids is 1. The summed E-state index contributed by atoms with van der Waals surface area (Å²) in [5, 5.41) is 21.3. The van der Waals surface area contributed by atoms with Crippen molar-refractivity contribution in [1.82, 2.24) is 24.9 Å². The van der Waals surface area contributed by atoms with Crippen molar-refractivity contribution in [2.24, 2.45) is 0 Å². The highest BCUT2D eigenvalue weighted by atomic mass is 35.5. The molecule has 9 nitrogen and oxygen atoms in total. The smallest absolute Gasteiger partial charge is 0.319 e. The molecule has 0 bridgehead atoms. The molecule has 12 heteroatoms. The number of carbonyl (C=O) groups is 1. The molecule has 0 radical (unpaired) electrons. The molecule has 0 aliphatic heterocycles. The fraction of sp³-hybridized carbons (Fsp3) is 0.417. The predicted molar refractivity (Wildman–Crippen MR) is 78.8 cm³/mol. The molecule has 1 amide bonds. The van der Waals surface area contributed by atoms with Gasteiger partial charge in [-0.15, -0.1) is 0 Å². The first-order valence-electron chi connectivity index (χ1n) is 6.74. The van der Waals surface area contributed by atoms with Crippen LogP contribution in [0.2, 0.25) is 5.02 Å². The normalized spacial score (nSPS) is 11.0. The van der Waals surface area contributed by atoms with Gasteiger partial charge in [-0.05, 0) is 6.92 Å². The minimum atomic E-state index is -3.10. The summed E-state index contributed by atoms with van der Waals surface area (Å²) in [6.07, 6.45) is -0.0801. The summed E-state index contributed by atoms with van der Waals surface area (Å²) < 4.78 is 28.0. The molecular formula is C12H13ClF2N6O3. The van der Waals surface area contributed by atoms with Crippen LogP contribution < -0.4 is 5.32 Å². The van der Waals surface area contributed by atoms with Crippen molar-refractivity contribution in [3.8, 4) is 0 Å². The molecule has 1 N–H and O–H groups in total. The van der Waals surface area contributed by atoms with Crippen LogP contribution in [0, 0.1) is 17.0 Å². The average Bonchev–Trinajstić information content (AvgIpc) is 3.03. The van der Waals surface area contributed by atoms with Gasteiger partial charge in [0.15, 0.2) is 0 Å². The van der Waals surface area contributed by atoms with Crippen LogP contribution in [0.1, 0.15) is 17.8 Å². The quantitative estimate of drug-likeness (QED) is 0.595. The van der Waals surface area contributed by atoms with E-state index < -0.39 is 35.2 Å². The van der Waals surface area contributed by atoms with Gasteiger partial charge in [-0.1, -0.05) is 11.6 Å². The first-order chi connectivity index (χ1) is 11.3. The van der Waals surface area contributed by atoms with Gasteiger partial charge in [-0.25, -0.2) is 8.78 Å². The van der Waals surface area contributed by atoms with E-state index in [0.717, 1.165) is 4.68 Å². The third-order valence-electron chi connectivity index (χ3n) is 3.15. The molecule has 2 aromatic heterocycles. The van der Waals surface area contributed by atoms with E-state index in [0.29, 0.717) is 11.6 Å². The van der Waals surface area contributed by atoms with E-state index in [1.54, 1.807) is 6.20 Å². The van der Waals surface area contributed by atoms with Crippen LogP contribution in [0.5, 0.6) is 0 Å². The number of nitrogens with zero attached hydrogens (tertiary/aromatic N) is 5. The molecule has 0 fully saturated rings. The number of hydrogen-bond donors (Lipinski definition) is 1. The van der Waals surface area contributed by atoms with Crippen LogP contribution >= 0.6 is 11.6 Å². The monoisotopic (exact) mass is 362 g/mol. The molecule has 130 valence electrons. The lowest BCUT2D eigenvalue weighted by Gasteiger charge is -2.06. The first-order valence-corrected chi connectivity index (χ1v) is 7.12. The molecule has 0 aromatic carbocycles. The van der Waals surface area contributed by atoms with Crippen molar-refractivity contribution in [2.75, 3.05) is 6.54 Å². The zero-order valence-corrected chi connectivity index (χ0v) is 13.2. The van der Waals surface area contributed by atoms with Crippen LogP contribution in [-0.2, 0) is 17.9 Å². The van der Waals surface area contributed by atoms with E-state index in [9.17, 15) is 23.7 Å². The van der Waals surface area contributed by atoms with Gasteiger partial charge in [0.2, 0.25) is 11.6 Å². The highest BCUT2D eigenvalue weighted by Gasteiger charge is 2.31. The van der Waals surface area contributed by atoms with E-state index in [-0.39, 0.29) is 12.2 Å². The summed E-state index contributed by atoms with van der Waals surface area (Å²) >= 11 is 5.70. The third kappa shape index (κ3) is 4.04. The molecule has 2 heterocycles. The molecule has 0 unspecified atom stereocenters. The maximum atomic E-state index is 12.8. The van der Waals surface area contributed by atoms with Crippen LogP contribution in [0.3, 0.4) is 0 Å². The van der Waals surface area contributed by atoms with Crippen molar-refractivity contribution in [3.05, 3.63) is 38.9 Å². The van der Waals surface area contributed by atoms with E-state index >= 15 is 0 Å². The van der Waals surface area contributed by atoms with Gasteiger partial charge >= 0.3 is 5.69 Å². The first kappa shape index (κ1) is 17.8. The molecule has 0 atom stereocenters. The summed E-state index contributed by atoms with van der Waals surface area (Å²) in [6, 6.07) is 0. The number of alkyl halides is 2. The Hall–Kier alpha value is -2.56. The van der Waals surface area contributed by atoms with Gasteiger partial charge in [-0.2, -0.15) is 10.2 Å². The predicted octanol–water partition coefficient (Wildman–Crippen LogP) is 1.70. The Morgan fingerprint density at radius 3 is 2.75 bits per heavy atom. The minimum Gasteiger partial charge on any atom is -0.353 e. The molecule has 0 saturated carbocycles. The van der Waals surface area contributed by atoms with Gasteiger partial charge < -0.3 is 5.32 Å². The lowest BCUT2D eigenvalue weighted by atomic mass is 10.3. The summed E-state index contributed by atoms with van der Waals surface area (Å²) in [6.45, 7) is 1.44. The van der Waals surface area contributed by atoms with Crippen LogP contribution in [-0.4, -0.2) is 36.9 Å². The lowest BCUT2D eigenvalue weighted by Crippen LogP contribution is -2.31. The second-order valence-electron chi connectivity index (χ2n) is 4.81. The van der Waals surface area contributed by atoms with E-state index in [2.05, 4.69) is 15.5 Å². The minimum absolute atomic E-state index is 0.107. The van der Waals surface area contributed by atoms with Crippen molar-refractivity contribution in [1.29, 1.82) is 0 Å². The number of amides is 1. The van der Waals surface area contributed by atoms with Crippen LogP contribution in [0.25, 0.3) is 0 Å². The van der Waals surface area contributed by atoms with E-state index in [1.165, 1.54) is 17.8 Å². The Labute approximate surface area is 139 Å². The van der Waals surface area contributed by atoms with Gasteiger partial charge in [0, 0.05) is 12.7 Å². The lowest BCUT2D eigenvalue weighted by molar-refractivity contribution is -0.386. The van der Waals surface area contributed by atoms with Gasteiger partial charge in [-0.3, -0.25) is 24.3 Å². The summed E-state index contributed by atoms with van der Waals surface area (Å²) in [4.78, 5) is 21.8. The van der Waals surface area contributed by atoms with Crippen molar-refractivity contribution >= 4 is 23.2 Å². The fourth-order valence-electron chi connectivity index (χ4n) is 2.05. The zero-order valence-electron chi connectivity index (χ0n) is 12.4. The maximum Gasteiger partial charge on any atom is 0.319 e. The molecule has 0 aliphatic carbocycles. The van der Waals surface area contributed by atoms with E-state index in [1.807, 2.05) is 0 Å². The highest BCUT2D eigenvalue weighted by Crippen LogP contribution is 2.30. The number of nitrogens with one attached hydrogen (secondary N) is 1. The molecule has 2 rings (SSSR count). The van der Waals surface area contributed by atoms with E-state index in [4.69, 9.17) is 11.6 Å². The molecule has 0 spiro atoms. The van der Waals surface area contributed by atoms with Crippen molar-refractivity contribution in [3.63, 3.8) is 0 Å². The number of rotatable bonds is 7. The Balaban J connectivity index is 1.98. The summed E-state index contributed by atoms with van der Waals surface area (Å²) in [5.41, 5.74) is -1.83. The highest BCUT2D eigenvalue weighted by molar-refractivity contribution is 6.30. The SMILES string of the molecule is Cc1c([N+](=O)[O-])c(C(F)F)nn1CC(=O)NCCn1cc(Cl)cn1. The molecule has 2 aromatic rings. The second-order valence-corrected chi connectivity index (χ2v) is 5.24. The third-order valence-corrected chi connectivity index (χ3v) is 3.34. The molecular weight excluding hydrogens is 350 g/mol. The largest absolute Gasteiger partial charge is 0.353 e. The zero-order chi connectivity index (χ0) is 17.9. The number of nitro groups is 1. The van der Waals surface area contributed by atoms with Crippen LogP contribution in [0.15, 0.2) is 12.4 Å². The second kappa shape index (κ2) is 7.34. The standard InChI is InChI=1S/C12H13ClF2N6O3/c1-7-11(21(23)24)10(12(14)15)18-20(7)6-9(22)16-2-3-19-5-8(13)4-17-19/h4-5,12H,2-3,6H2,1H3,(H,16,22).